The average Bonchev–Trinajstić information content (AvgIpc) is 2.84. The number of rotatable bonds is 7. The largest absolute Gasteiger partial charge is 0.489 e. The predicted octanol–water partition coefficient (Wildman–Crippen LogP) is 5.31. The predicted molar refractivity (Wildman–Crippen MR) is 89.3 cm³/mol. The number of hydrogen-bond donors (Lipinski definition) is 0. The van der Waals surface area contributed by atoms with E-state index in [2.05, 4.69) is 24.5 Å². The van der Waals surface area contributed by atoms with Gasteiger partial charge in [-0.15, -0.1) is 11.6 Å². The number of para-hydroxylation sites is 1. The lowest BCUT2D eigenvalue weighted by molar-refractivity contribution is 0.245. The van der Waals surface area contributed by atoms with E-state index in [9.17, 15) is 0 Å². The highest BCUT2D eigenvalue weighted by Crippen LogP contribution is 2.32. The SMILES string of the molecule is CCCC(CC)n1c(CCl)nc2c(OC(C)C)cccc21. The second-order valence-electron chi connectivity index (χ2n) is 5.67. The Morgan fingerprint density at radius 2 is 2.05 bits per heavy atom. The lowest BCUT2D eigenvalue weighted by atomic mass is 10.1. The Hall–Kier alpha value is -1.22. The van der Waals surface area contributed by atoms with Crippen LogP contribution in [0.4, 0.5) is 0 Å². The number of aromatic nitrogens is 2. The first kappa shape index (κ1) is 16.2. The molecule has 1 unspecified atom stereocenters. The van der Waals surface area contributed by atoms with Crippen molar-refractivity contribution in [2.75, 3.05) is 0 Å². The van der Waals surface area contributed by atoms with Gasteiger partial charge in [-0.3, -0.25) is 0 Å². The molecular weight excluding hydrogens is 284 g/mol. The lowest BCUT2D eigenvalue weighted by Gasteiger charge is -2.19. The van der Waals surface area contributed by atoms with E-state index in [4.69, 9.17) is 21.3 Å². The second kappa shape index (κ2) is 7.17. The molecule has 0 saturated carbocycles. The Bertz CT molecular complexity index is 592. The number of imidazole rings is 1. The molecule has 0 amide bonds. The third-order valence-electron chi connectivity index (χ3n) is 3.70. The van der Waals surface area contributed by atoms with Crippen molar-refractivity contribution in [2.45, 2.75) is 65.0 Å². The van der Waals surface area contributed by atoms with Crippen molar-refractivity contribution < 1.29 is 4.74 Å². The molecule has 0 aliphatic heterocycles. The standard InChI is InChI=1S/C17H25ClN2O/c1-5-8-13(6-2)20-14-9-7-10-15(21-12(3)4)17(14)19-16(20)11-18/h7,9-10,12-13H,5-6,8,11H2,1-4H3. The molecule has 0 radical (unpaired) electrons. The van der Waals surface area contributed by atoms with Crippen molar-refractivity contribution in [1.82, 2.24) is 9.55 Å². The molecule has 0 bridgehead atoms. The van der Waals surface area contributed by atoms with Crippen LogP contribution in [0.15, 0.2) is 18.2 Å². The van der Waals surface area contributed by atoms with Gasteiger partial charge in [-0.2, -0.15) is 0 Å². The van der Waals surface area contributed by atoms with Crippen LogP contribution in [0.5, 0.6) is 5.75 Å². The van der Waals surface area contributed by atoms with Gasteiger partial charge in [0.2, 0.25) is 0 Å². The molecule has 0 saturated heterocycles. The minimum Gasteiger partial charge on any atom is -0.489 e. The first-order valence-corrected chi connectivity index (χ1v) is 8.38. The summed E-state index contributed by atoms with van der Waals surface area (Å²) in [6.07, 6.45) is 3.51. The summed E-state index contributed by atoms with van der Waals surface area (Å²) < 4.78 is 8.20. The summed E-state index contributed by atoms with van der Waals surface area (Å²) in [4.78, 5) is 4.74. The Labute approximate surface area is 132 Å². The van der Waals surface area contributed by atoms with Crippen LogP contribution in [0.25, 0.3) is 11.0 Å². The lowest BCUT2D eigenvalue weighted by Crippen LogP contribution is -2.11. The molecule has 1 heterocycles. The van der Waals surface area contributed by atoms with E-state index in [0.29, 0.717) is 11.9 Å². The molecule has 1 aromatic carbocycles. The van der Waals surface area contributed by atoms with Crippen molar-refractivity contribution in [1.29, 1.82) is 0 Å². The first-order chi connectivity index (χ1) is 10.1. The highest BCUT2D eigenvalue weighted by atomic mass is 35.5. The van der Waals surface area contributed by atoms with E-state index < -0.39 is 0 Å². The summed E-state index contributed by atoms with van der Waals surface area (Å²) in [6, 6.07) is 6.58. The number of benzene rings is 1. The van der Waals surface area contributed by atoms with E-state index in [1.807, 2.05) is 26.0 Å². The van der Waals surface area contributed by atoms with Gasteiger partial charge in [-0.25, -0.2) is 4.98 Å². The molecular formula is C17H25ClN2O. The molecule has 3 nitrogen and oxygen atoms in total. The van der Waals surface area contributed by atoms with Crippen molar-refractivity contribution in [2.24, 2.45) is 0 Å². The van der Waals surface area contributed by atoms with Gasteiger partial charge >= 0.3 is 0 Å². The zero-order valence-corrected chi connectivity index (χ0v) is 14.2. The number of hydrogen-bond acceptors (Lipinski definition) is 2. The van der Waals surface area contributed by atoms with Crippen LogP contribution in [-0.2, 0) is 5.88 Å². The van der Waals surface area contributed by atoms with E-state index >= 15 is 0 Å². The van der Waals surface area contributed by atoms with Gasteiger partial charge in [0.25, 0.3) is 0 Å². The number of halogens is 1. The molecule has 0 spiro atoms. The van der Waals surface area contributed by atoms with Crippen LogP contribution in [0.2, 0.25) is 0 Å². The van der Waals surface area contributed by atoms with E-state index in [1.54, 1.807) is 0 Å². The molecule has 1 atom stereocenters. The fraction of sp³-hybridized carbons (Fsp3) is 0.588. The average molecular weight is 309 g/mol. The number of nitrogens with zero attached hydrogens (tertiary/aromatic N) is 2. The Balaban J connectivity index is 2.58. The summed E-state index contributed by atoms with van der Waals surface area (Å²) >= 11 is 6.14. The van der Waals surface area contributed by atoms with Crippen molar-refractivity contribution in [3.05, 3.63) is 24.0 Å². The van der Waals surface area contributed by atoms with Crippen LogP contribution < -0.4 is 4.74 Å². The zero-order chi connectivity index (χ0) is 15.4. The summed E-state index contributed by atoms with van der Waals surface area (Å²) in [7, 11) is 0. The zero-order valence-electron chi connectivity index (χ0n) is 13.4. The Morgan fingerprint density at radius 3 is 2.62 bits per heavy atom. The van der Waals surface area contributed by atoms with Gasteiger partial charge in [-0.05, 0) is 38.8 Å². The monoisotopic (exact) mass is 308 g/mol. The van der Waals surface area contributed by atoms with Gasteiger partial charge < -0.3 is 9.30 Å². The molecule has 0 N–H and O–H groups in total. The summed E-state index contributed by atoms with van der Waals surface area (Å²) in [5.74, 6) is 2.21. The Morgan fingerprint density at radius 1 is 1.29 bits per heavy atom. The molecule has 0 aliphatic rings. The van der Waals surface area contributed by atoms with Gasteiger partial charge in [-0.1, -0.05) is 26.3 Å². The number of ether oxygens (including phenoxy) is 1. The Kier molecular flexibility index (Phi) is 5.51. The van der Waals surface area contributed by atoms with Crippen LogP contribution in [-0.4, -0.2) is 15.7 Å². The van der Waals surface area contributed by atoms with Crippen molar-refractivity contribution in [3.63, 3.8) is 0 Å². The van der Waals surface area contributed by atoms with Crippen LogP contribution in [0, 0.1) is 0 Å². The highest BCUT2D eigenvalue weighted by molar-refractivity contribution is 6.16. The van der Waals surface area contributed by atoms with Crippen LogP contribution >= 0.6 is 11.6 Å². The fourth-order valence-corrected chi connectivity index (χ4v) is 3.03. The van der Waals surface area contributed by atoms with Gasteiger partial charge in [0, 0.05) is 6.04 Å². The molecule has 4 heteroatoms. The quantitative estimate of drug-likeness (QED) is 0.648. The topological polar surface area (TPSA) is 27.1 Å². The molecule has 116 valence electrons. The molecule has 1 aromatic heterocycles. The minimum atomic E-state index is 0.137. The summed E-state index contributed by atoms with van der Waals surface area (Å²) in [6.45, 7) is 8.50. The van der Waals surface area contributed by atoms with E-state index in [1.165, 1.54) is 0 Å². The molecule has 2 rings (SSSR count). The minimum absolute atomic E-state index is 0.137. The third kappa shape index (κ3) is 3.34. The third-order valence-corrected chi connectivity index (χ3v) is 3.94. The van der Waals surface area contributed by atoms with Crippen molar-refractivity contribution in [3.8, 4) is 5.75 Å². The maximum Gasteiger partial charge on any atom is 0.147 e. The normalized spacial score (nSPS) is 13.0. The molecule has 0 fully saturated rings. The molecule has 0 aliphatic carbocycles. The van der Waals surface area contributed by atoms with Gasteiger partial charge in [0.1, 0.15) is 17.1 Å². The highest BCUT2D eigenvalue weighted by Gasteiger charge is 2.19. The van der Waals surface area contributed by atoms with Crippen LogP contribution in [0.1, 0.15) is 58.8 Å². The van der Waals surface area contributed by atoms with Crippen LogP contribution in [0.3, 0.4) is 0 Å². The number of alkyl halides is 1. The maximum atomic E-state index is 6.14. The smallest absolute Gasteiger partial charge is 0.147 e. The second-order valence-corrected chi connectivity index (χ2v) is 5.94. The maximum absolute atomic E-state index is 6.14. The van der Waals surface area contributed by atoms with Crippen molar-refractivity contribution >= 4 is 22.6 Å². The number of fused-ring (bicyclic) bond motifs is 1. The van der Waals surface area contributed by atoms with E-state index in [-0.39, 0.29) is 6.10 Å². The molecule has 2 aromatic rings. The summed E-state index contributed by atoms with van der Waals surface area (Å²) in [5, 5.41) is 0. The fourth-order valence-electron chi connectivity index (χ4n) is 2.84. The van der Waals surface area contributed by atoms with Gasteiger partial charge in [0.15, 0.2) is 0 Å². The molecule has 21 heavy (non-hydrogen) atoms. The van der Waals surface area contributed by atoms with E-state index in [0.717, 1.165) is 41.9 Å². The summed E-state index contributed by atoms with van der Waals surface area (Å²) in [5.41, 5.74) is 2.06. The van der Waals surface area contributed by atoms with Gasteiger partial charge in [0.05, 0.1) is 17.5 Å². The first-order valence-electron chi connectivity index (χ1n) is 7.84.